The highest BCUT2D eigenvalue weighted by Gasteiger charge is 2.31. The second-order valence-corrected chi connectivity index (χ2v) is 6.94. The molecule has 0 spiro atoms. The summed E-state index contributed by atoms with van der Waals surface area (Å²) in [5.41, 5.74) is 0. The first kappa shape index (κ1) is 13.8. The van der Waals surface area contributed by atoms with Crippen LogP contribution in [0.3, 0.4) is 0 Å². The largest absolute Gasteiger partial charge is 0.317 e. The van der Waals surface area contributed by atoms with Crippen LogP contribution in [-0.2, 0) is 0 Å². The summed E-state index contributed by atoms with van der Waals surface area (Å²) in [6.07, 6.45) is 9.94. The smallest absolute Gasteiger partial charge is 0.0111 e. The highest BCUT2D eigenvalue weighted by atomic mass is 15.2. The van der Waals surface area contributed by atoms with Crippen molar-refractivity contribution < 1.29 is 0 Å². The topological polar surface area (TPSA) is 18.5 Å². The zero-order valence-electron chi connectivity index (χ0n) is 12.6. The standard InChI is InChI=1S/C16H31N3/c1-17-15-4-5-16(12-15)19-10-6-14(7-11-19)13-18-8-2-3-9-18/h14-17H,2-13H2,1H3. The first-order valence-electron chi connectivity index (χ1n) is 8.49. The van der Waals surface area contributed by atoms with Crippen LogP contribution in [0, 0.1) is 5.92 Å². The summed E-state index contributed by atoms with van der Waals surface area (Å²) >= 11 is 0. The number of rotatable bonds is 4. The molecule has 2 unspecified atom stereocenters. The summed E-state index contributed by atoms with van der Waals surface area (Å²) in [4.78, 5) is 5.49. The van der Waals surface area contributed by atoms with Crippen molar-refractivity contribution in [3.05, 3.63) is 0 Å². The Kier molecular flexibility index (Phi) is 4.78. The molecule has 2 saturated heterocycles. The van der Waals surface area contributed by atoms with Gasteiger partial charge in [-0.2, -0.15) is 0 Å². The molecular weight excluding hydrogens is 234 g/mol. The van der Waals surface area contributed by atoms with Crippen molar-refractivity contribution in [2.75, 3.05) is 39.8 Å². The van der Waals surface area contributed by atoms with Crippen molar-refractivity contribution in [1.82, 2.24) is 15.1 Å². The molecule has 0 amide bonds. The molecule has 3 heteroatoms. The summed E-state index contributed by atoms with van der Waals surface area (Å²) < 4.78 is 0. The van der Waals surface area contributed by atoms with Crippen molar-refractivity contribution in [3.63, 3.8) is 0 Å². The van der Waals surface area contributed by atoms with E-state index in [2.05, 4.69) is 22.2 Å². The van der Waals surface area contributed by atoms with Gasteiger partial charge in [-0.3, -0.25) is 0 Å². The molecule has 1 saturated carbocycles. The van der Waals surface area contributed by atoms with Crippen LogP contribution in [0.25, 0.3) is 0 Å². The molecule has 0 radical (unpaired) electrons. The summed E-state index contributed by atoms with van der Waals surface area (Å²) in [5, 5.41) is 3.46. The van der Waals surface area contributed by atoms with Crippen LogP contribution in [0.1, 0.15) is 44.9 Å². The van der Waals surface area contributed by atoms with Gasteiger partial charge in [0.15, 0.2) is 0 Å². The second kappa shape index (κ2) is 6.55. The zero-order valence-corrected chi connectivity index (χ0v) is 12.6. The first-order valence-corrected chi connectivity index (χ1v) is 8.49. The van der Waals surface area contributed by atoms with Crippen LogP contribution in [0.2, 0.25) is 0 Å². The SMILES string of the molecule is CNC1CCC(N2CCC(CN3CCCC3)CC2)C1. The van der Waals surface area contributed by atoms with Gasteiger partial charge in [0.1, 0.15) is 0 Å². The first-order chi connectivity index (χ1) is 9.35. The highest BCUT2D eigenvalue weighted by molar-refractivity contribution is 4.88. The van der Waals surface area contributed by atoms with Gasteiger partial charge in [-0.05, 0) is 84.1 Å². The highest BCUT2D eigenvalue weighted by Crippen LogP contribution is 2.28. The van der Waals surface area contributed by atoms with Gasteiger partial charge in [-0.15, -0.1) is 0 Å². The van der Waals surface area contributed by atoms with Gasteiger partial charge in [0.2, 0.25) is 0 Å². The quantitative estimate of drug-likeness (QED) is 0.838. The molecule has 0 aromatic heterocycles. The third-order valence-electron chi connectivity index (χ3n) is 5.69. The molecule has 1 N–H and O–H groups in total. The van der Waals surface area contributed by atoms with Crippen molar-refractivity contribution in [2.45, 2.75) is 57.0 Å². The van der Waals surface area contributed by atoms with E-state index in [9.17, 15) is 0 Å². The minimum Gasteiger partial charge on any atom is -0.317 e. The van der Waals surface area contributed by atoms with E-state index in [4.69, 9.17) is 0 Å². The van der Waals surface area contributed by atoms with Crippen LogP contribution in [-0.4, -0.2) is 61.7 Å². The number of likely N-dealkylation sites (tertiary alicyclic amines) is 2. The molecule has 110 valence electrons. The predicted octanol–water partition coefficient (Wildman–Crippen LogP) is 1.93. The third-order valence-corrected chi connectivity index (χ3v) is 5.69. The van der Waals surface area contributed by atoms with Crippen LogP contribution in [0.4, 0.5) is 0 Å². The molecule has 0 aromatic rings. The van der Waals surface area contributed by atoms with Gasteiger partial charge in [0, 0.05) is 18.6 Å². The molecule has 0 bridgehead atoms. The maximum atomic E-state index is 3.46. The number of hydrogen-bond acceptors (Lipinski definition) is 3. The lowest BCUT2D eigenvalue weighted by Gasteiger charge is -2.37. The van der Waals surface area contributed by atoms with Gasteiger partial charge in [0.25, 0.3) is 0 Å². The Labute approximate surface area is 118 Å². The van der Waals surface area contributed by atoms with Crippen LogP contribution in [0.15, 0.2) is 0 Å². The third kappa shape index (κ3) is 3.50. The molecule has 0 aromatic carbocycles. The normalized spacial score (nSPS) is 35.2. The molecule has 2 aliphatic heterocycles. The van der Waals surface area contributed by atoms with E-state index in [-0.39, 0.29) is 0 Å². The van der Waals surface area contributed by atoms with Gasteiger partial charge in [0.05, 0.1) is 0 Å². The van der Waals surface area contributed by atoms with Crippen LogP contribution >= 0.6 is 0 Å². The van der Waals surface area contributed by atoms with E-state index in [1.165, 1.54) is 77.7 Å². The van der Waals surface area contributed by atoms with Crippen molar-refractivity contribution in [1.29, 1.82) is 0 Å². The average Bonchev–Trinajstić information content (AvgIpc) is 3.10. The Morgan fingerprint density at radius 1 is 0.947 bits per heavy atom. The maximum absolute atomic E-state index is 3.46. The number of nitrogens with one attached hydrogen (secondary N) is 1. The van der Waals surface area contributed by atoms with Gasteiger partial charge < -0.3 is 15.1 Å². The number of nitrogens with zero attached hydrogens (tertiary/aromatic N) is 2. The summed E-state index contributed by atoms with van der Waals surface area (Å²) in [6.45, 7) is 6.84. The lowest BCUT2D eigenvalue weighted by atomic mass is 9.95. The maximum Gasteiger partial charge on any atom is 0.0111 e. The minimum atomic E-state index is 0.785. The Morgan fingerprint density at radius 2 is 1.68 bits per heavy atom. The molecule has 2 atom stereocenters. The second-order valence-electron chi connectivity index (χ2n) is 6.94. The van der Waals surface area contributed by atoms with Crippen molar-refractivity contribution >= 4 is 0 Å². The molecular formula is C16H31N3. The van der Waals surface area contributed by atoms with E-state index >= 15 is 0 Å². The fraction of sp³-hybridized carbons (Fsp3) is 1.00. The monoisotopic (exact) mass is 265 g/mol. The molecule has 2 heterocycles. The Hall–Kier alpha value is -0.120. The molecule has 3 rings (SSSR count). The van der Waals surface area contributed by atoms with Gasteiger partial charge >= 0.3 is 0 Å². The minimum absolute atomic E-state index is 0.785. The van der Waals surface area contributed by atoms with E-state index in [1.807, 2.05) is 0 Å². The Bertz CT molecular complexity index is 267. The van der Waals surface area contributed by atoms with Gasteiger partial charge in [-0.1, -0.05) is 0 Å². The molecule has 3 fully saturated rings. The van der Waals surface area contributed by atoms with E-state index in [1.54, 1.807) is 0 Å². The zero-order chi connectivity index (χ0) is 13.1. The lowest BCUT2D eigenvalue weighted by Crippen LogP contribution is -2.43. The Morgan fingerprint density at radius 3 is 2.32 bits per heavy atom. The average molecular weight is 265 g/mol. The van der Waals surface area contributed by atoms with Crippen molar-refractivity contribution in [2.24, 2.45) is 5.92 Å². The van der Waals surface area contributed by atoms with Crippen LogP contribution in [0.5, 0.6) is 0 Å². The molecule has 1 aliphatic carbocycles. The Balaban J connectivity index is 1.39. The van der Waals surface area contributed by atoms with Crippen LogP contribution < -0.4 is 5.32 Å². The predicted molar refractivity (Wildman–Crippen MR) is 80.5 cm³/mol. The summed E-state index contributed by atoms with van der Waals surface area (Å²) in [7, 11) is 2.12. The summed E-state index contributed by atoms with van der Waals surface area (Å²) in [5.74, 6) is 0.982. The fourth-order valence-electron chi connectivity index (χ4n) is 4.38. The van der Waals surface area contributed by atoms with Crippen molar-refractivity contribution in [3.8, 4) is 0 Å². The lowest BCUT2D eigenvalue weighted by molar-refractivity contribution is 0.116. The number of hydrogen-bond donors (Lipinski definition) is 1. The molecule has 3 nitrogen and oxygen atoms in total. The van der Waals surface area contributed by atoms with E-state index < -0.39 is 0 Å². The summed E-state index contributed by atoms with van der Waals surface area (Å²) in [6, 6.07) is 1.66. The molecule has 3 aliphatic rings. The fourth-order valence-corrected chi connectivity index (χ4v) is 4.38. The van der Waals surface area contributed by atoms with Gasteiger partial charge in [-0.25, -0.2) is 0 Å². The van der Waals surface area contributed by atoms with E-state index in [0.717, 1.165) is 18.0 Å². The molecule has 19 heavy (non-hydrogen) atoms. The number of piperidine rings is 1. The van der Waals surface area contributed by atoms with E-state index in [0.29, 0.717) is 0 Å².